The number of aliphatic hydroxyl groups is 1. The van der Waals surface area contributed by atoms with Gasteiger partial charge in [-0.2, -0.15) is 0 Å². The largest absolute Gasteiger partial charge is 0.394 e. The van der Waals surface area contributed by atoms with Gasteiger partial charge in [-0.1, -0.05) is 30.3 Å². The zero-order valence-electron chi connectivity index (χ0n) is 13.2. The Hall–Kier alpha value is -1.89. The minimum absolute atomic E-state index is 0.0541. The standard InChI is InChI=1S/C18H19N3O2S/c22-10-14-6-7-16(23-14)21-9-8-15-17(21)19-12-20-18(15)24-11-13-4-2-1-3-5-13/h1-5,8-9,12,14,16,22H,6-7,10-11H2. The van der Waals surface area contributed by atoms with Crippen LogP contribution in [0.2, 0.25) is 0 Å². The predicted molar refractivity (Wildman–Crippen MR) is 93.8 cm³/mol. The van der Waals surface area contributed by atoms with E-state index in [-0.39, 0.29) is 18.9 Å². The van der Waals surface area contributed by atoms with Crippen LogP contribution >= 0.6 is 11.8 Å². The highest BCUT2D eigenvalue weighted by molar-refractivity contribution is 7.98. The number of fused-ring (bicyclic) bond motifs is 1. The van der Waals surface area contributed by atoms with Gasteiger partial charge in [-0.05, 0) is 24.5 Å². The molecule has 0 saturated carbocycles. The first kappa shape index (κ1) is 15.6. The number of ether oxygens (including phenoxy) is 1. The lowest BCUT2D eigenvalue weighted by Gasteiger charge is -2.14. The Balaban J connectivity index is 1.57. The summed E-state index contributed by atoms with van der Waals surface area (Å²) in [6, 6.07) is 12.4. The van der Waals surface area contributed by atoms with E-state index in [0.717, 1.165) is 34.7 Å². The van der Waals surface area contributed by atoms with E-state index in [1.54, 1.807) is 18.1 Å². The monoisotopic (exact) mass is 341 g/mol. The van der Waals surface area contributed by atoms with Gasteiger partial charge in [-0.3, -0.25) is 0 Å². The normalized spacial score (nSPS) is 20.7. The van der Waals surface area contributed by atoms with Gasteiger partial charge in [0.05, 0.1) is 18.1 Å². The Morgan fingerprint density at radius 2 is 2.04 bits per heavy atom. The molecule has 1 saturated heterocycles. The van der Waals surface area contributed by atoms with E-state index < -0.39 is 0 Å². The summed E-state index contributed by atoms with van der Waals surface area (Å²) in [5.41, 5.74) is 2.17. The second kappa shape index (κ2) is 6.93. The van der Waals surface area contributed by atoms with Crippen LogP contribution in [0.4, 0.5) is 0 Å². The second-order valence-corrected chi connectivity index (χ2v) is 6.85. The van der Waals surface area contributed by atoms with Crippen LogP contribution in [0, 0.1) is 0 Å². The van der Waals surface area contributed by atoms with E-state index in [0.29, 0.717) is 0 Å². The number of thioether (sulfide) groups is 1. The van der Waals surface area contributed by atoms with Crippen LogP contribution in [0.5, 0.6) is 0 Å². The maximum atomic E-state index is 9.25. The molecule has 0 aliphatic carbocycles. The van der Waals surface area contributed by atoms with Crippen LogP contribution in [-0.2, 0) is 10.5 Å². The summed E-state index contributed by atoms with van der Waals surface area (Å²) in [6.45, 7) is 0.0723. The quantitative estimate of drug-likeness (QED) is 0.569. The molecule has 2 atom stereocenters. The number of aliphatic hydroxyl groups excluding tert-OH is 1. The summed E-state index contributed by atoms with van der Waals surface area (Å²) in [5.74, 6) is 0.880. The fraction of sp³-hybridized carbons (Fsp3) is 0.333. The Kier molecular flexibility index (Phi) is 4.51. The molecule has 1 fully saturated rings. The van der Waals surface area contributed by atoms with E-state index >= 15 is 0 Å². The first-order valence-electron chi connectivity index (χ1n) is 8.10. The minimum Gasteiger partial charge on any atom is -0.394 e. The lowest BCUT2D eigenvalue weighted by Crippen LogP contribution is -2.14. The number of rotatable bonds is 5. The maximum absolute atomic E-state index is 9.25. The Labute approximate surface area is 144 Å². The smallest absolute Gasteiger partial charge is 0.146 e. The summed E-state index contributed by atoms with van der Waals surface area (Å²) in [4.78, 5) is 8.90. The molecule has 24 heavy (non-hydrogen) atoms. The van der Waals surface area contributed by atoms with Crippen molar-refractivity contribution < 1.29 is 9.84 Å². The number of benzene rings is 1. The van der Waals surface area contributed by atoms with Crippen LogP contribution < -0.4 is 0 Å². The third kappa shape index (κ3) is 3.05. The average molecular weight is 341 g/mol. The molecule has 1 aliphatic heterocycles. The van der Waals surface area contributed by atoms with Crippen LogP contribution in [0.25, 0.3) is 11.0 Å². The van der Waals surface area contributed by atoms with Crippen molar-refractivity contribution in [3.63, 3.8) is 0 Å². The first-order valence-corrected chi connectivity index (χ1v) is 9.08. The summed E-state index contributed by atoms with van der Waals surface area (Å²) < 4.78 is 7.93. The molecule has 3 aromatic rings. The van der Waals surface area contributed by atoms with Crippen LogP contribution in [0.1, 0.15) is 24.6 Å². The zero-order chi connectivity index (χ0) is 16.4. The van der Waals surface area contributed by atoms with Gasteiger partial charge in [-0.15, -0.1) is 11.8 Å². The molecule has 2 aromatic heterocycles. The summed E-state index contributed by atoms with van der Waals surface area (Å²) >= 11 is 1.72. The topological polar surface area (TPSA) is 60.2 Å². The third-order valence-electron chi connectivity index (χ3n) is 4.29. The van der Waals surface area contributed by atoms with Crippen molar-refractivity contribution in [3.05, 3.63) is 54.5 Å². The van der Waals surface area contributed by atoms with Gasteiger partial charge in [0.1, 0.15) is 23.2 Å². The van der Waals surface area contributed by atoms with Crippen molar-refractivity contribution in [1.29, 1.82) is 0 Å². The van der Waals surface area contributed by atoms with Gasteiger partial charge in [0.15, 0.2) is 0 Å². The molecule has 124 valence electrons. The predicted octanol–water partition coefficient (Wildman–Crippen LogP) is 3.39. The number of hydrogen-bond acceptors (Lipinski definition) is 5. The molecule has 6 heteroatoms. The van der Waals surface area contributed by atoms with Gasteiger partial charge in [0.25, 0.3) is 0 Å². The van der Waals surface area contributed by atoms with E-state index in [9.17, 15) is 5.11 Å². The highest BCUT2D eigenvalue weighted by Gasteiger charge is 2.27. The van der Waals surface area contributed by atoms with Gasteiger partial charge < -0.3 is 14.4 Å². The van der Waals surface area contributed by atoms with Crippen molar-refractivity contribution >= 4 is 22.8 Å². The van der Waals surface area contributed by atoms with Crippen LogP contribution in [0.15, 0.2) is 53.9 Å². The molecule has 5 nitrogen and oxygen atoms in total. The molecule has 1 N–H and O–H groups in total. The van der Waals surface area contributed by atoms with Crippen molar-refractivity contribution in [3.8, 4) is 0 Å². The van der Waals surface area contributed by atoms with Crippen molar-refractivity contribution in [2.45, 2.75) is 36.0 Å². The second-order valence-electron chi connectivity index (χ2n) is 5.89. The summed E-state index contributed by atoms with van der Waals surface area (Å²) in [7, 11) is 0. The molecular weight excluding hydrogens is 322 g/mol. The molecule has 3 heterocycles. The van der Waals surface area contributed by atoms with Crippen molar-refractivity contribution in [2.75, 3.05) is 6.61 Å². The van der Waals surface area contributed by atoms with Crippen LogP contribution in [0.3, 0.4) is 0 Å². The molecule has 2 unspecified atom stereocenters. The van der Waals surface area contributed by atoms with Crippen LogP contribution in [-0.4, -0.2) is 32.4 Å². The lowest BCUT2D eigenvalue weighted by atomic mass is 10.2. The molecule has 0 spiro atoms. The Bertz CT molecular complexity index is 822. The fourth-order valence-corrected chi connectivity index (χ4v) is 3.98. The first-order chi connectivity index (χ1) is 11.8. The molecule has 0 bridgehead atoms. The Morgan fingerprint density at radius 3 is 2.83 bits per heavy atom. The van der Waals surface area contributed by atoms with Gasteiger partial charge >= 0.3 is 0 Å². The Morgan fingerprint density at radius 1 is 1.17 bits per heavy atom. The highest BCUT2D eigenvalue weighted by atomic mass is 32.2. The maximum Gasteiger partial charge on any atom is 0.146 e. The molecule has 1 aliphatic rings. The summed E-state index contributed by atoms with van der Waals surface area (Å²) in [6.07, 6.45) is 5.27. The van der Waals surface area contributed by atoms with Gasteiger partial charge in [0.2, 0.25) is 0 Å². The molecule has 0 radical (unpaired) electrons. The van der Waals surface area contributed by atoms with E-state index in [1.807, 2.05) is 12.3 Å². The van der Waals surface area contributed by atoms with Crippen molar-refractivity contribution in [1.82, 2.24) is 14.5 Å². The average Bonchev–Trinajstić information content (AvgIpc) is 3.27. The number of hydrogen-bond donors (Lipinski definition) is 1. The minimum atomic E-state index is -0.0683. The van der Waals surface area contributed by atoms with Crippen molar-refractivity contribution in [2.24, 2.45) is 0 Å². The molecular formula is C18H19N3O2S. The third-order valence-corrected chi connectivity index (χ3v) is 5.37. The highest BCUT2D eigenvalue weighted by Crippen LogP contribution is 2.33. The van der Waals surface area contributed by atoms with E-state index in [2.05, 4.69) is 44.9 Å². The van der Waals surface area contributed by atoms with Gasteiger partial charge in [-0.25, -0.2) is 9.97 Å². The molecule has 1 aromatic carbocycles. The number of nitrogens with zero attached hydrogens (tertiary/aromatic N) is 3. The zero-order valence-corrected chi connectivity index (χ0v) is 14.0. The molecule has 4 rings (SSSR count). The molecule has 0 amide bonds. The summed E-state index contributed by atoms with van der Waals surface area (Å²) in [5, 5.41) is 11.3. The van der Waals surface area contributed by atoms with E-state index in [1.165, 1.54) is 5.56 Å². The fourth-order valence-electron chi connectivity index (χ4n) is 3.05. The number of aromatic nitrogens is 3. The van der Waals surface area contributed by atoms with Gasteiger partial charge in [0, 0.05) is 11.9 Å². The van der Waals surface area contributed by atoms with E-state index in [4.69, 9.17) is 4.74 Å². The SMILES string of the molecule is OCC1CCC(n2ccc3c(SCc4ccccc4)ncnc32)O1. The lowest BCUT2D eigenvalue weighted by molar-refractivity contribution is -0.0204.